The van der Waals surface area contributed by atoms with Gasteiger partial charge in [-0.15, -0.1) is 0 Å². The fraction of sp³-hybridized carbons (Fsp3) is 0.375. The zero-order valence-electron chi connectivity index (χ0n) is 12.9. The lowest BCUT2D eigenvalue weighted by atomic mass is 9.73. The molecule has 0 aliphatic carbocycles. The first kappa shape index (κ1) is 15.3. The maximum Gasteiger partial charge on any atom is 0.271 e. The Labute approximate surface area is 142 Å². The first-order valence-corrected chi connectivity index (χ1v) is 7.78. The van der Waals surface area contributed by atoms with Crippen LogP contribution in [0.25, 0.3) is 0 Å². The van der Waals surface area contributed by atoms with Crippen LogP contribution < -0.4 is 4.90 Å². The van der Waals surface area contributed by atoms with E-state index in [9.17, 15) is 19.7 Å². The highest BCUT2D eigenvalue weighted by Crippen LogP contribution is 2.57. The summed E-state index contributed by atoms with van der Waals surface area (Å²) in [6, 6.07) is 3.70. The maximum atomic E-state index is 12.9. The number of halogens is 1. The summed E-state index contributed by atoms with van der Waals surface area (Å²) in [7, 11) is 0. The Morgan fingerprint density at radius 2 is 1.71 bits per heavy atom. The highest BCUT2D eigenvalue weighted by atomic mass is 35.5. The van der Waals surface area contributed by atoms with Crippen molar-refractivity contribution in [2.45, 2.75) is 25.0 Å². The second-order valence-corrected chi connectivity index (χ2v) is 7.07. The van der Waals surface area contributed by atoms with Gasteiger partial charge < -0.3 is 4.74 Å². The molecule has 124 valence electrons. The molecule has 2 bridgehead atoms. The summed E-state index contributed by atoms with van der Waals surface area (Å²) in [5.74, 6) is -2.20. The van der Waals surface area contributed by atoms with Gasteiger partial charge in [0.1, 0.15) is 0 Å². The molecule has 0 unspecified atom stereocenters. The first-order chi connectivity index (χ1) is 11.2. The van der Waals surface area contributed by atoms with E-state index in [1.807, 2.05) is 0 Å². The number of hydrogen-bond donors (Lipinski definition) is 0. The molecule has 4 atom stereocenters. The third kappa shape index (κ3) is 1.71. The first-order valence-electron chi connectivity index (χ1n) is 7.40. The molecule has 1 aromatic rings. The number of ether oxygens (including phenoxy) is 1. The third-order valence-electron chi connectivity index (χ3n) is 5.11. The van der Waals surface area contributed by atoms with E-state index in [-0.39, 0.29) is 16.4 Å². The second kappa shape index (κ2) is 4.43. The Balaban J connectivity index is 1.83. The molecule has 0 saturated carbocycles. The molecule has 0 radical (unpaired) electrons. The molecule has 3 heterocycles. The summed E-state index contributed by atoms with van der Waals surface area (Å²) in [4.78, 5) is 37.2. The SMILES string of the molecule is C[C@@]12C=C[C@](C)(O1)[C@H]1C(=O)N(c3cc([N+](=O)[O-])ccc3Cl)C(=O)[C@@H]12. The average molecular weight is 349 g/mol. The van der Waals surface area contributed by atoms with E-state index in [2.05, 4.69) is 0 Å². The number of rotatable bonds is 2. The van der Waals surface area contributed by atoms with Crippen molar-refractivity contribution in [2.75, 3.05) is 4.90 Å². The minimum atomic E-state index is -0.853. The van der Waals surface area contributed by atoms with Crippen molar-refractivity contribution in [2.24, 2.45) is 11.8 Å². The smallest absolute Gasteiger partial charge is 0.271 e. The summed E-state index contributed by atoms with van der Waals surface area (Å²) in [5, 5.41) is 11.1. The monoisotopic (exact) mass is 348 g/mol. The van der Waals surface area contributed by atoms with Gasteiger partial charge in [-0.25, -0.2) is 4.90 Å². The van der Waals surface area contributed by atoms with Gasteiger partial charge in [-0.05, 0) is 19.9 Å². The number of benzene rings is 1. The standard InChI is InChI=1S/C16H13ClN2O5/c1-15-5-6-16(2,24-15)12-11(15)13(20)18(14(12)21)10-7-8(19(22)23)3-4-9(10)17/h3-7,11-12H,1-2H3/t11-,12-,15+,16+/m1/s1. The number of carbonyl (C=O) groups excluding carboxylic acids is 2. The summed E-state index contributed by atoms with van der Waals surface area (Å²) >= 11 is 6.11. The number of nitro groups is 1. The molecule has 24 heavy (non-hydrogen) atoms. The lowest BCUT2D eigenvalue weighted by molar-refractivity contribution is -0.384. The van der Waals surface area contributed by atoms with E-state index in [1.54, 1.807) is 26.0 Å². The van der Waals surface area contributed by atoms with E-state index in [0.717, 1.165) is 11.0 Å². The number of fused-ring (bicyclic) bond motifs is 5. The highest BCUT2D eigenvalue weighted by molar-refractivity contribution is 6.36. The van der Waals surface area contributed by atoms with Crippen LogP contribution >= 0.6 is 11.6 Å². The number of carbonyl (C=O) groups is 2. The van der Waals surface area contributed by atoms with Crippen molar-refractivity contribution in [3.05, 3.63) is 45.5 Å². The lowest BCUT2D eigenvalue weighted by Gasteiger charge is -2.25. The molecule has 3 aliphatic heterocycles. The fourth-order valence-electron chi connectivity index (χ4n) is 4.05. The molecule has 4 rings (SSSR count). The van der Waals surface area contributed by atoms with Gasteiger partial charge in [-0.1, -0.05) is 23.8 Å². The van der Waals surface area contributed by atoms with Crippen LogP contribution in [0.3, 0.4) is 0 Å². The van der Waals surface area contributed by atoms with Crippen molar-refractivity contribution < 1.29 is 19.2 Å². The van der Waals surface area contributed by atoms with Crippen LogP contribution in [0, 0.1) is 22.0 Å². The molecular formula is C16H13ClN2O5. The summed E-state index contributed by atoms with van der Waals surface area (Å²) < 4.78 is 5.91. The predicted octanol–water partition coefficient (Wildman–Crippen LogP) is 2.47. The van der Waals surface area contributed by atoms with Crippen LogP contribution in [0.15, 0.2) is 30.4 Å². The molecule has 2 fully saturated rings. The molecular weight excluding hydrogens is 336 g/mol. The topological polar surface area (TPSA) is 89.8 Å². The van der Waals surface area contributed by atoms with Crippen molar-refractivity contribution in [1.29, 1.82) is 0 Å². The van der Waals surface area contributed by atoms with E-state index in [4.69, 9.17) is 16.3 Å². The van der Waals surface area contributed by atoms with Gasteiger partial charge in [0.2, 0.25) is 11.8 Å². The number of amides is 2. The van der Waals surface area contributed by atoms with E-state index < -0.39 is 39.8 Å². The van der Waals surface area contributed by atoms with Crippen LogP contribution in [0.2, 0.25) is 5.02 Å². The van der Waals surface area contributed by atoms with Crippen molar-refractivity contribution in [1.82, 2.24) is 0 Å². The van der Waals surface area contributed by atoms with Gasteiger partial charge in [0.25, 0.3) is 5.69 Å². The Kier molecular flexibility index (Phi) is 2.82. The van der Waals surface area contributed by atoms with Crippen LogP contribution in [-0.2, 0) is 14.3 Å². The number of nitrogens with zero attached hydrogens (tertiary/aromatic N) is 2. The number of anilines is 1. The summed E-state index contributed by atoms with van der Waals surface area (Å²) in [6.45, 7) is 3.53. The molecule has 1 aromatic carbocycles. The van der Waals surface area contributed by atoms with Crippen molar-refractivity contribution >= 4 is 34.8 Å². The molecule has 0 aromatic heterocycles. The van der Waals surface area contributed by atoms with E-state index in [0.29, 0.717) is 0 Å². The number of nitro benzene ring substituents is 1. The van der Waals surface area contributed by atoms with Crippen molar-refractivity contribution in [3.63, 3.8) is 0 Å². The van der Waals surface area contributed by atoms with E-state index >= 15 is 0 Å². The Morgan fingerprint density at radius 3 is 2.21 bits per heavy atom. The largest absolute Gasteiger partial charge is 0.359 e. The summed E-state index contributed by atoms with van der Waals surface area (Å²) in [5.41, 5.74) is -1.90. The van der Waals surface area contributed by atoms with Crippen LogP contribution in [0.4, 0.5) is 11.4 Å². The molecule has 7 nitrogen and oxygen atoms in total. The van der Waals surface area contributed by atoms with E-state index in [1.165, 1.54) is 12.1 Å². The lowest BCUT2D eigenvalue weighted by Crippen LogP contribution is -2.39. The average Bonchev–Trinajstić information content (AvgIpc) is 3.05. The third-order valence-corrected chi connectivity index (χ3v) is 5.43. The van der Waals surface area contributed by atoms with Gasteiger partial charge in [-0.2, -0.15) is 0 Å². The second-order valence-electron chi connectivity index (χ2n) is 6.66. The quantitative estimate of drug-likeness (QED) is 0.354. The Hall–Kier alpha value is -2.25. The number of imide groups is 1. The van der Waals surface area contributed by atoms with Gasteiger partial charge in [0.15, 0.2) is 0 Å². The molecule has 0 spiro atoms. The molecule has 3 aliphatic rings. The number of non-ortho nitro benzene ring substituents is 1. The van der Waals surface area contributed by atoms with Gasteiger partial charge in [0, 0.05) is 12.1 Å². The minimum Gasteiger partial charge on any atom is -0.359 e. The van der Waals surface area contributed by atoms with Crippen LogP contribution in [0.1, 0.15) is 13.8 Å². The van der Waals surface area contributed by atoms with Gasteiger partial charge in [-0.3, -0.25) is 19.7 Å². The van der Waals surface area contributed by atoms with Crippen LogP contribution in [-0.4, -0.2) is 27.9 Å². The Bertz CT molecular complexity index is 817. The summed E-state index contributed by atoms with van der Waals surface area (Å²) in [6.07, 6.45) is 3.61. The minimum absolute atomic E-state index is 0.0434. The van der Waals surface area contributed by atoms with Gasteiger partial charge in [0.05, 0.1) is 38.7 Å². The normalized spacial score (nSPS) is 36.5. The Morgan fingerprint density at radius 1 is 1.17 bits per heavy atom. The van der Waals surface area contributed by atoms with Gasteiger partial charge >= 0.3 is 0 Å². The highest BCUT2D eigenvalue weighted by Gasteiger charge is 2.70. The predicted molar refractivity (Wildman–Crippen MR) is 84.6 cm³/mol. The molecule has 2 saturated heterocycles. The zero-order chi connectivity index (χ0) is 17.4. The molecule has 2 amide bonds. The van der Waals surface area contributed by atoms with Crippen LogP contribution in [0.5, 0.6) is 0 Å². The zero-order valence-corrected chi connectivity index (χ0v) is 13.6. The number of hydrogen-bond acceptors (Lipinski definition) is 5. The molecule has 0 N–H and O–H groups in total. The maximum absolute atomic E-state index is 12.9. The van der Waals surface area contributed by atoms with Crippen molar-refractivity contribution in [3.8, 4) is 0 Å². The molecule has 8 heteroatoms. The fourth-order valence-corrected chi connectivity index (χ4v) is 4.26.